The Morgan fingerprint density at radius 3 is 2.24 bits per heavy atom. The summed E-state index contributed by atoms with van der Waals surface area (Å²) in [5.41, 5.74) is 7.33. The van der Waals surface area contributed by atoms with Gasteiger partial charge in [-0.1, -0.05) is 12.1 Å². The van der Waals surface area contributed by atoms with Crippen molar-refractivity contribution in [3.05, 3.63) is 59.7 Å². The van der Waals surface area contributed by atoms with Gasteiger partial charge < -0.3 is 15.8 Å². The lowest BCUT2D eigenvalue weighted by Gasteiger charge is -2.08. The molecule has 2 rings (SSSR count). The van der Waals surface area contributed by atoms with Crippen LogP contribution >= 0.6 is 0 Å². The van der Waals surface area contributed by atoms with Crippen LogP contribution in [0.3, 0.4) is 0 Å². The Morgan fingerprint density at radius 2 is 1.71 bits per heavy atom. The van der Waals surface area contributed by atoms with Gasteiger partial charge in [-0.25, -0.2) is 0 Å². The fourth-order valence-corrected chi connectivity index (χ4v) is 1.75. The number of ether oxygens (including phenoxy) is 1. The number of benzene rings is 2. The van der Waals surface area contributed by atoms with E-state index in [2.05, 4.69) is 10.1 Å². The number of carbonyl (C=O) groups is 1. The Kier molecular flexibility index (Phi) is 4.71. The van der Waals surface area contributed by atoms with Gasteiger partial charge in [0, 0.05) is 17.8 Å². The Hall–Kier alpha value is -2.63. The normalized spacial score (nSPS) is 10.4. The molecular weight excluding hydrogens is 278 g/mol. The third kappa shape index (κ3) is 4.45. The first-order valence-electron chi connectivity index (χ1n) is 6.22. The summed E-state index contributed by atoms with van der Waals surface area (Å²) in [5.74, 6) is -0.351. The predicted octanol–water partition coefficient (Wildman–Crippen LogP) is 3.00. The van der Waals surface area contributed by atoms with Gasteiger partial charge >= 0.3 is 6.61 Å². The molecule has 4 nitrogen and oxygen atoms in total. The molecule has 0 aliphatic carbocycles. The lowest BCUT2D eigenvalue weighted by Crippen LogP contribution is -2.10. The van der Waals surface area contributed by atoms with Crippen LogP contribution in [0.2, 0.25) is 0 Å². The SMILES string of the molecule is NC(=O)c1ccc(NCc2ccc(OC(F)F)cc2)cc1. The van der Waals surface area contributed by atoms with E-state index < -0.39 is 12.5 Å². The van der Waals surface area contributed by atoms with E-state index in [1.807, 2.05) is 0 Å². The predicted molar refractivity (Wildman–Crippen MR) is 75.4 cm³/mol. The van der Waals surface area contributed by atoms with E-state index >= 15 is 0 Å². The van der Waals surface area contributed by atoms with Crippen molar-refractivity contribution in [2.75, 3.05) is 5.32 Å². The van der Waals surface area contributed by atoms with Gasteiger partial charge in [0.05, 0.1) is 0 Å². The molecular formula is C15H14F2N2O2. The highest BCUT2D eigenvalue weighted by Crippen LogP contribution is 2.16. The smallest absolute Gasteiger partial charge is 0.387 e. The minimum atomic E-state index is -2.82. The fourth-order valence-electron chi connectivity index (χ4n) is 1.75. The van der Waals surface area contributed by atoms with Crippen LogP contribution in [0.5, 0.6) is 5.75 Å². The minimum Gasteiger partial charge on any atom is -0.435 e. The fraction of sp³-hybridized carbons (Fsp3) is 0.133. The number of primary amides is 1. The number of amides is 1. The van der Waals surface area contributed by atoms with Gasteiger partial charge in [-0.2, -0.15) is 8.78 Å². The Balaban J connectivity index is 1.91. The summed E-state index contributed by atoms with van der Waals surface area (Å²) in [7, 11) is 0. The van der Waals surface area contributed by atoms with Crippen LogP contribution in [0.4, 0.5) is 14.5 Å². The number of hydrogen-bond acceptors (Lipinski definition) is 3. The second-order valence-corrected chi connectivity index (χ2v) is 4.32. The molecule has 0 aliphatic rings. The molecule has 0 heterocycles. The largest absolute Gasteiger partial charge is 0.435 e. The van der Waals surface area contributed by atoms with Crippen molar-refractivity contribution in [2.45, 2.75) is 13.2 Å². The van der Waals surface area contributed by atoms with Gasteiger partial charge in [0.25, 0.3) is 0 Å². The quantitative estimate of drug-likeness (QED) is 0.860. The lowest BCUT2D eigenvalue weighted by molar-refractivity contribution is -0.0498. The molecule has 0 bridgehead atoms. The Morgan fingerprint density at radius 1 is 1.10 bits per heavy atom. The van der Waals surface area contributed by atoms with Crippen LogP contribution < -0.4 is 15.8 Å². The third-order valence-electron chi connectivity index (χ3n) is 2.81. The van der Waals surface area contributed by atoms with Gasteiger partial charge in [-0.3, -0.25) is 4.79 Å². The minimum absolute atomic E-state index is 0.125. The molecule has 0 unspecified atom stereocenters. The summed E-state index contributed by atoms with van der Waals surface area (Å²) in [6.07, 6.45) is 0. The van der Waals surface area contributed by atoms with Crippen molar-refractivity contribution in [1.82, 2.24) is 0 Å². The van der Waals surface area contributed by atoms with E-state index in [1.165, 1.54) is 12.1 Å². The number of rotatable bonds is 6. The zero-order chi connectivity index (χ0) is 15.2. The molecule has 2 aromatic rings. The number of alkyl halides is 2. The van der Waals surface area contributed by atoms with Gasteiger partial charge in [0.15, 0.2) is 0 Å². The third-order valence-corrected chi connectivity index (χ3v) is 2.81. The van der Waals surface area contributed by atoms with Gasteiger partial charge in [-0.05, 0) is 42.0 Å². The number of hydrogen-bond donors (Lipinski definition) is 2. The highest BCUT2D eigenvalue weighted by Gasteiger charge is 2.04. The molecule has 0 fully saturated rings. The van der Waals surface area contributed by atoms with E-state index in [0.717, 1.165) is 11.3 Å². The van der Waals surface area contributed by atoms with Crippen molar-refractivity contribution in [2.24, 2.45) is 5.73 Å². The average Bonchev–Trinajstić information content (AvgIpc) is 2.46. The molecule has 21 heavy (non-hydrogen) atoms. The molecule has 0 saturated carbocycles. The Bertz CT molecular complexity index is 598. The second-order valence-electron chi connectivity index (χ2n) is 4.32. The lowest BCUT2D eigenvalue weighted by atomic mass is 10.2. The van der Waals surface area contributed by atoms with E-state index in [0.29, 0.717) is 12.1 Å². The Labute approximate surface area is 120 Å². The molecule has 2 aromatic carbocycles. The molecule has 0 radical (unpaired) electrons. The van der Waals surface area contributed by atoms with Crippen molar-refractivity contribution >= 4 is 11.6 Å². The summed E-state index contributed by atoms with van der Waals surface area (Å²) in [4.78, 5) is 10.9. The maximum absolute atomic E-state index is 12.0. The maximum Gasteiger partial charge on any atom is 0.387 e. The molecule has 0 atom stereocenters. The average molecular weight is 292 g/mol. The van der Waals surface area contributed by atoms with E-state index in [4.69, 9.17) is 5.73 Å². The topological polar surface area (TPSA) is 64.4 Å². The van der Waals surface area contributed by atoms with Crippen LogP contribution in [0.1, 0.15) is 15.9 Å². The number of anilines is 1. The van der Waals surface area contributed by atoms with Gasteiger partial charge in [-0.15, -0.1) is 0 Å². The van der Waals surface area contributed by atoms with Crippen molar-refractivity contribution in [3.8, 4) is 5.75 Å². The summed E-state index contributed by atoms with van der Waals surface area (Å²) < 4.78 is 28.3. The number of carbonyl (C=O) groups excluding carboxylic acids is 1. The molecule has 0 spiro atoms. The number of nitrogens with one attached hydrogen (secondary N) is 1. The first-order chi connectivity index (χ1) is 10.0. The molecule has 110 valence electrons. The molecule has 0 saturated heterocycles. The molecule has 0 aliphatic heterocycles. The van der Waals surface area contributed by atoms with Crippen molar-refractivity contribution in [3.63, 3.8) is 0 Å². The van der Waals surface area contributed by atoms with Gasteiger partial charge in [0.2, 0.25) is 5.91 Å². The first kappa shape index (κ1) is 14.8. The monoisotopic (exact) mass is 292 g/mol. The highest BCUT2D eigenvalue weighted by atomic mass is 19.3. The molecule has 0 aromatic heterocycles. The standard InChI is InChI=1S/C15H14F2N2O2/c16-15(17)21-13-7-1-10(2-8-13)9-19-12-5-3-11(4-6-12)14(18)20/h1-8,15,19H,9H2,(H2,18,20). The number of halogens is 2. The summed E-state index contributed by atoms with van der Waals surface area (Å²) >= 11 is 0. The van der Waals surface area contributed by atoms with E-state index in [-0.39, 0.29) is 5.75 Å². The van der Waals surface area contributed by atoms with E-state index in [9.17, 15) is 13.6 Å². The van der Waals surface area contributed by atoms with Crippen LogP contribution in [0.15, 0.2) is 48.5 Å². The van der Waals surface area contributed by atoms with Crippen LogP contribution in [-0.4, -0.2) is 12.5 Å². The van der Waals surface area contributed by atoms with Crippen molar-refractivity contribution in [1.29, 1.82) is 0 Å². The molecule has 1 amide bonds. The zero-order valence-corrected chi connectivity index (χ0v) is 11.1. The maximum atomic E-state index is 12.0. The molecule has 3 N–H and O–H groups in total. The summed E-state index contributed by atoms with van der Waals surface area (Å²) in [5, 5.41) is 3.15. The van der Waals surface area contributed by atoms with Crippen molar-refractivity contribution < 1.29 is 18.3 Å². The van der Waals surface area contributed by atoms with E-state index in [1.54, 1.807) is 36.4 Å². The highest BCUT2D eigenvalue weighted by molar-refractivity contribution is 5.93. The zero-order valence-electron chi connectivity index (χ0n) is 11.1. The summed E-state index contributed by atoms with van der Waals surface area (Å²) in [6.45, 7) is -2.30. The molecule has 6 heteroatoms. The van der Waals surface area contributed by atoms with Crippen LogP contribution in [0, 0.1) is 0 Å². The van der Waals surface area contributed by atoms with Gasteiger partial charge in [0.1, 0.15) is 5.75 Å². The number of nitrogens with two attached hydrogens (primary N) is 1. The van der Waals surface area contributed by atoms with Crippen LogP contribution in [-0.2, 0) is 6.54 Å². The van der Waals surface area contributed by atoms with Crippen LogP contribution in [0.25, 0.3) is 0 Å². The second kappa shape index (κ2) is 6.69. The summed E-state index contributed by atoms with van der Waals surface area (Å²) in [6, 6.07) is 13.1. The first-order valence-corrected chi connectivity index (χ1v) is 6.22.